The van der Waals surface area contributed by atoms with Gasteiger partial charge in [0.05, 0.1) is 16.1 Å². The summed E-state index contributed by atoms with van der Waals surface area (Å²) in [5.74, 6) is -0.319. The molecule has 2 aliphatic rings. The Hall–Kier alpha value is -0.940. The molecule has 2 fully saturated rings. The van der Waals surface area contributed by atoms with Crippen LogP contribution >= 0.6 is 0 Å². The van der Waals surface area contributed by atoms with E-state index < -0.39 is 25.9 Å². The number of fused-ring (bicyclic) bond motifs is 2. The van der Waals surface area contributed by atoms with E-state index in [4.69, 9.17) is 0 Å². The van der Waals surface area contributed by atoms with E-state index in [1.165, 1.54) is 12.1 Å². The van der Waals surface area contributed by atoms with E-state index in [0.29, 0.717) is 24.0 Å². The van der Waals surface area contributed by atoms with Crippen molar-refractivity contribution in [2.75, 3.05) is 0 Å². The summed E-state index contributed by atoms with van der Waals surface area (Å²) in [5.41, 5.74) is 0.971. The third-order valence-electron chi connectivity index (χ3n) is 5.07. The van der Waals surface area contributed by atoms with Gasteiger partial charge in [0, 0.05) is 0 Å². The van der Waals surface area contributed by atoms with E-state index in [1.54, 1.807) is 13.8 Å². The van der Waals surface area contributed by atoms with Gasteiger partial charge in [0.15, 0.2) is 9.84 Å². The summed E-state index contributed by atoms with van der Waals surface area (Å²) in [6, 6.07) is 2.83. The topological polar surface area (TPSA) is 54.4 Å². The Morgan fingerprint density at radius 2 is 1.62 bits per heavy atom. The maximum Gasteiger partial charge on any atom is 0.156 e. The number of halogens is 1. The highest BCUT2D eigenvalue weighted by atomic mass is 32.2. The lowest BCUT2D eigenvalue weighted by Gasteiger charge is -2.45. The van der Waals surface area contributed by atoms with E-state index in [2.05, 4.69) is 0 Å². The number of hydrogen-bond donors (Lipinski definition) is 1. The number of rotatable bonds is 1. The summed E-state index contributed by atoms with van der Waals surface area (Å²) in [7, 11) is -3.11. The molecule has 1 N–H and O–H groups in total. The van der Waals surface area contributed by atoms with Gasteiger partial charge in [0.25, 0.3) is 0 Å². The molecule has 5 heteroatoms. The first kappa shape index (κ1) is 15.0. The molecule has 0 saturated carbocycles. The van der Waals surface area contributed by atoms with Crippen molar-refractivity contribution >= 4 is 9.84 Å². The van der Waals surface area contributed by atoms with Crippen molar-refractivity contribution in [3.8, 4) is 0 Å². The third kappa shape index (κ3) is 2.30. The van der Waals surface area contributed by atoms with Gasteiger partial charge in [-0.2, -0.15) is 0 Å². The molecule has 0 spiro atoms. The van der Waals surface area contributed by atoms with Crippen LogP contribution in [0, 0.1) is 19.7 Å². The molecule has 2 unspecified atom stereocenters. The second-order valence-corrected chi connectivity index (χ2v) is 9.13. The Morgan fingerprint density at radius 3 is 2.10 bits per heavy atom. The van der Waals surface area contributed by atoms with Crippen molar-refractivity contribution in [1.29, 1.82) is 0 Å². The smallest absolute Gasteiger partial charge is 0.156 e. The molecule has 116 valence electrons. The predicted molar refractivity (Wildman–Crippen MR) is 79.4 cm³/mol. The number of hydrogen-bond acceptors (Lipinski definition) is 3. The maximum absolute atomic E-state index is 13.5. The Labute approximate surface area is 125 Å². The van der Waals surface area contributed by atoms with Crippen LogP contribution in [0.15, 0.2) is 12.1 Å². The number of aryl methyl sites for hydroxylation is 2. The van der Waals surface area contributed by atoms with Crippen molar-refractivity contribution in [2.45, 2.75) is 62.1 Å². The molecule has 0 aliphatic carbocycles. The van der Waals surface area contributed by atoms with Gasteiger partial charge >= 0.3 is 0 Å². The summed E-state index contributed by atoms with van der Waals surface area (Å²) < 4.78 is 38.2. The van der Waals surface area contributed by atoms with Gasteiger partial charge in [0.1, 0.15) is 5.82 Å². The minimum absolute atomic E-state index is 0.235. The van der Waals surface area contributed by atoms with Crippen molar-refractivity contribution in [3.63, 3.8) is 0 Å². The average Bonchev–Trinajstić information content (AvgIpc) is 2.30. The lowest BCUT2D eigenvalue weighted by molar-refractivity contribution is 0.00384. The molecular weight excluding hydrogens is 291 g/mol. The van der Waals surface area contributed by atoms with Gasteiger partial charge in [-0.05, 0) is 68.4 Å². The van der Waals surface area contributed by atoms with E-state index in [-0.39, 0.29) is 18.7 Å². The van der Waals surface area contributed by atoms with Crippen LogP contribution in [0.1, 0.15) is 48.8 Å². The average molecular weight is 312 g/mol. The van der Waals surface area contributed by atoms with Gasteiger partial charge in [-0.1, -0.05) is 6.42 Å². The normalized spacial score (nSPS) is 34.7. The van der Waals surface area contributed by atoms with Gasteiger partial charge in [-0.3, -0.25) is 0 Å². The van der Waals surface area contributed by atoms with Crippen molar-refractivity contribution < 1.29 is 17.9 Å². The molecule has 1 aromatic rings. The van der Waals surface area contributed by atoms with Gasteiger partial charge < -0.3 is 5.11 Å². The fourth-order valence-corrected chi connectivity index (χ4v) is 6.85. The quantitative estimate of drug-likeness (QED) is 0.867. The van der Waals surface area contributed by atoms with E-state index >= 15 is 0 Å². The molecule has 0 radical (unpaired) electrons. The first-order chi connectivity index (χ1) is 9.74. The SMILES string of the molecule is Cc1cc(F)cc(C)c1C1(O)CC2CCCC(C1)S2(=O)=O. The second kappa shape index (κ2) is 4.78. The molecule has 0 aromatic heterocycles. The molecule has 3 rings (SSSR count). The molecule has 2 bridgehead atoms. The summed E-state index contributed by atoms with van der Waals surface area (Å²) in [6.07, 6.45) is 2.63. The summed E-state index contributed by atoms with van der Waals surface area (Å²) in [6.45, 7) is 3.56. The Kier molecular flexibility index (Phi) is 3.41. The monoisotopic (exact) mass is 312 g/mol. The molecule has 21 heavy (non-hydrogen) atoms. The number of sulfone groups is 1. The largest absolute Gasteiger partial charge is 0.385 e. The second-order valence-electron chi connectivity index (χ2n) is 6.62. The zero-order valence-electron chi connectivity index (χ0n) is 12.4. The van der Waals surface area contributed by atoms with E-state index in [0.717, 1.165) is 12.0 Å². The Bertz CT molecular complexity index is 638. The highest BCUT2D eigenvalue weighted by Gasteiger charge is 2.51. The molecule has 2 saturated heterocycles. The van der Waals surface area contributed by atoms with E-state index in [9.17, 15) is 17.9 Å². The number of benzene rings is 1. The fourth-order valence-electron chi connectivity index (χ4n) is 4.30. The predicted octanol–water partition coefficient (Wildman–Crippen LogP) is 2.76. The first-order valence-electron chi connectivity index (χ1n) is 7.46. The lowest BCUT2D eigenvalue weighted by Crippen LogP contribution is -2.50. The van der Waals surface area contributed by atoms with Crippen molar-refractivity contribution in [3.05, 3.63) is 34.6 Å². The van der Waals surface area contributed by atoms with Gasteiger partial charge in [-0.15, -0.1) is 0 Å². The van der Waals surface area contributed by atoms with Crippen LogP contribution in [0.5, 0.6) is 0 Å². The van der Waals surface area contributed by atoms with Crippen LogP contribution in [0.2, 0.25) is 0 Å². The molecular formula is C16H21FO3S. The molecule has 2 atom stereocenters. The molecule has 2 aliphatic heterocycles. The zero-order valence-corrected chi connectivity index (χ0v) is 13.2. The van der Waals surface area contributed by atoms with Crippen LogP contribution in [0.4, 0.5) is 4.39 Å². The van der Waals surface area contributed by atoms with Gasteiger partial charge in [-0.25, -0.2) is 12.8 Å². The Balaban J connectivity index is 2.08. The Morgan fingerprint density at radius 1 is 1.14 bits per heavy atom. The maximum atomic E-state index is 13.5. The van der Waals surface area contributed by atoms with Crippen LogP contribution in [-0.4, -0.2) is 24.0 Å². The summed E-state index contributed by atoms with van der Waals surface area (Å²) in [4.78, 5) is 0. The highest BCUT2D eigenvalue weighted by molar-refractivity contribution is 7.92. The van der Waals surface area contributed by atoms with Crippen molar-refractivity contribution in [1.82, 2.24) is 0 Å². The summed E-state index contributed by atoms with van der Waals surface area (Å²) >= 11 is 0. The van der Waals surface area contributed by atoms with Crippen LogP contribution in [-0.2, 0) is 15.4 Å². The number of aliphatic hydroxyl groups is 1. The lowest BCUT2D eigenvalue weighted by atomic mass is 9.77. The van der Waals surface area contributed by atoms with Crippen molar-refractivity contribution in [2.24, 2.45) is 0 Å². The van der Waals surface area contributed by atoms with E-state index in [1.807, 2.05) is 0 Å². The standard InChI is InChI=1S/C16H21FO3S/c1-10-6-12(17)7-11(2)15(10)16(18)8-13-4-3-5-14(9-16)21(13,19)20/h6-7,13-14,18H,3-5,8-9H2,1-2H3. The molecule has 1 aromatic carbocycles. The zero-order chi connectivity index (χ0) is 15.4. The van der Waals surface area contributed by atoms with Crippen LogP contribution < -0.4 is 0 Å². The third-order valence-corrected chi connectivity index (χ3v) is 7.74. The first-order valence-corrected chi connectivity index (χ1v) is 9.07. The minimum atomic E-state index is -3.11. The molecule has 2 heterocycles. The molecule has 0 amide bonds. The summed E-state index contributed by atoms with van der Waals surface area (Å²) in [5, 5.41) is 10.2. The molecule has 3 nitrogen and oxygen atoms in total. The van der Waals surface area contributed by atoms with Crippen LogP contribution in [0.3, 0.4) is 0 Å². The van der Waals surface area contributed by atoms with Crippen LogP contribution in [0.25, 0.3) is 0 Å². The highest BCUT2D eigenvalue weighted by Crippen LogP contribution is 2.47. The van der Waals surface area contributed by atoms with Gasteiger partial charge in [0.2, 0.25) is 0 Å². The minimum Gasteiger partial charge on any atom is -0.385 e. The fraction of sp³-hybridized carbons (Fsp3) is 0.625.